The van der Waals surface area contributed by atoms with Gasteiger partial charge in [0, 0.05) is 20.2 Å². The first-order chi connectivity index (χ1) is 7.36. The Hall–Kier alpha value is -0.610. The second-order valence-corrected chi connectivity index (χ2v) is 5.49. The van der Waals surface area contributed by atoms with Gasteiger partial charge in [0.2, 0.25) is 5.91 Å². The van der Waals surface area contributed by atoms with Crippen molar-refractivity contribution >= 4 is 5.91 Å². The number of likely N-dealkylation sites (tertiary alicyclic amines) is 1. The summed E-state index contributed by atoms with van der Waals surface area (Å²) in [5.41, 5.74) is -0.0880. The number of amides is 1. The number of carbonyl (C=O) groups is 1. The number of ether oxygens (including phenoxy) is 1. The van der Waals surface area contributed by atoms with Crippen molar-refractivity contribution in [2.24, 2.45) is 5.41 Å². The molecule has 1 saturated heterocycles. The van der Waals surface area contributed by atoms with Gasteiger partial charge >= 0.3 is 0 Å². The predicted octanol–water partition coefficient (Wildman–Crippen LogP) is 1.03. The topological polar surface area (TPSA) is 49.8 Å². The number of carbonyl (C=O) groups excluding carboxylic acids is 1. The van der Waals surface area contributed by atoms with Crippen molar-refractivity contribution in [2.45, 2.75) is 39.2 Å². The highest BCUT2D eigenvalue weighted by molar-refractivity contribution is 5.77. The van der Waals surface area contributed by atoms with E-state index in [0.29, 0.717) is 13.1 Å². The smallest absolute Gasteiger partial charge is 0.248 e. The molecule has 1 amide bonds. The van der Waals surface area contributed by atoms with Crippen molar-refractivity contribution in [3.63, 3.8) is 0 Å². The van der Waals surface area contributed by atoms with Gasteiger partial charge in [-0.2, -0.15) is 0 Å². The van der Waals surface area contributed by atoms with Gasteiger partial charge < -0.3 is 14.7 Å². The molecule has 1 heterocycles. The highest BCUT2D eigenvalue weighted by Gasteiger charge is 2.44. The average molecular weight is 229 g/mol. The molecular weight excluding hydrogens is 206 g/mol. The second kappa shape index (κ2) is 4.72. The van der Waals surface area contributed by atoms with Gasteiger partial charge in [0.05, 0.1) is 5.60 Å². The molecule has 4 heteroatoms. The molecule has 0 aliphatic carbocycles. The summed E-state index contributed by atoms with van der Waals surface area (Å²) >= 11 is 0. The lowest BCUT2D eigenvalue weighted by Crippen LogP contribution is -2.54. The van der Waals surface area contributed by atoms with Crippen LogP contribution in [-0.2, 0) is 9.53 Å². The molecule has 0 unspecified atom stereocenters. The van der Waals surface area contributed by atoms with Crippen LogP contribution in [-0.4, -0.2) is 48.3 Å². The van der Waals surface area contributed by atoms with Crippen LogP contribution in [0.3, 0.4) is 0 Å². The lowest BCUT2D eigenvalue weighted by Gasteiger charge is -2.48. The van der Waals surface area contributed by atoms with Crippen molar-refractivity contribution in [1.29, 1.82) is 0 Å². The monoisotopic (exact) mass is 229 g/mol. The zero-order chi connectivity index (χ0) is 12.4. The maximum Gasteiger partial charge on any atom is 0.248 e. The van der Waals surface area contributed by atoms with Gasteiger partial charge in [-0.25, -0.2) is 0 Å². The Labute approximate surface area is 97.6 Å². The fourth-order valence-corrected chi connectivity index (χ4v) is 2.48. The zero-order valence-corrected chi connectivity index (χ0v) is 10.7. The predicted molar refractivity (Wildman–Crippen MR) is 62.1 cm³/mol. The quantitative estimate of drug-likeness (QED) is 0.769. The van der Waals surface area contributed by atoms with E-state index in [1.165, 1.54) is 0 Å². The Balaban J connectivity index is 2.68. The number of hydrogen-bond donors (Lipinski definition) is 1. The standard InChI is InChI=1S/C12H23NO3/c1-11(2,3)12(16-4)5-7-13(8-6-12)10(15)9-14/h14H,5-9H2,1-4H3. The highest BCUT2D eigenvalue weighted by atomic mass is 16.5. The summed E-state index contributed by atoms with van der Waals surface area (Å²) in [6.45, 7) is 7.45. The van der Waals surface area contributed by atoms with Gasteiger partial charge in [0.1, 0.15) is 6.61 Å². The summed E-state index contributed by atoms with van der Waals surface area (Å²) in [5.74, 6) is -0.182. The first kappa shape index (κ1) is 13.5. The molecule has 4 nitrogen and oxygen atoms in total. The molecule has 1 aliphatic heterocycles. The fourth-order valence-electron chi connectivity index (χ4n) is 2.48. The minimum absolute atomic E-state index is 0.0656. The number of hydrogen-bond acceptors (Lipinski definition) is 3. The first-order valence-corrected chi connectivity index (χ1v) is 5.80. The lowest BCUT2D eigenvalue weighted by molar-refractivity contribution is -0.150. The normalized spacial score (nSPS) is 20.9. The number of aliphatic hydroxyl groups excluding tert-OH is 1. The van der Waals surface area contributed by atoms with E-state index in [2.05, 4.69) is 20.8 Å². The Morgan fingerprint density at radius 2 is 1.88 bits per heavy atom. The third kappa shape index (κ3) is 2.38. The summed E-state index contributed by atoms with van der Waals surface area (Å²) in [4.78, 5) is 13.1. The SMILES string of the molecule is COC1(C(C)(C)C)CCN(C(=O)CO)CC1. The molecule has 0 aromatic heterocycles. The zero-order valence-electron chi connectivity index (χ0n) is 10.7. The van der Waals surface area contributed by atoms with Crippen molar-refractivity contribution in [1.82, 2.24) is 4.90 Å². The van der Waals surface area contributed by atoms with Crippen molar-refractivity contribution in [3.05, 3.63) is 0 Å². The van der Waals surface area contributed by atoms with E-state index in [-0.39, 0.29) is 16.9 Å². The number of rotatable bonds is 2. The van der Waals surface area contributed by atoms with Crippen LogP contribution in [0.25, 0.3) is 0 Å². The van der Waals surface area contributed by atoms with E-state index in [4.69, 9.17) is 9.84 Å². The Kier molecular flexibility index (Phi) is 3.97. The summed E-state index contributed by atoms with van der Waals surface area (Å²) < 4.78 is 5.70. The maximum atomic E-state index is 11.4. The molecule has 0 radical (unpaired) electrons. The molecule has 0 aromatic carbocycles. The number of aliphatic hydroxyl groups is 1. The Bertz CT molecular complexity index is 249. The molecule has 0 spiro atoms. The minimum atomic E-state index is -0.393. The lowest BCUT2D eigenvalue weighted by atomic mass is 9.70. The summed E-state index contributed by atoms with van der Waals surface area (Å²) in [5, 5.41) is 8.81. The van der Waals surface area contributed by atoms with Gasteiger partial charge in [-0.15, -0.1) is 0 Å². The molecular formula is C12H23NO3. The first-order valence-electron chi connectivity index (χ1n) is 5.80. The van der Waals surface area contributed by atoms with E-state index < -0.39 is 6.61 Å². The van der Waals surface area contributed by atoms with Crippen LogP contribution in [0.2, 0.25) is 0 Å². The Morgan fingerprint density at radius 1 is 1.38 bits per heavy atom. The number of piperidine rings is 1. The van der Waals surface area contributed by atoms with Gasteiger partial charge in [0.15, 0.2) is 0 Å². The largest absolute Gasteiger partial charge is 0.387 e. The van der Waals surface area contributed by atoms with Crippen LogP contribution in [0, 0.1) is 5.41 Å². The van der Waals surface area contributed by atoms with E-state index in [1.54, 1.807) is 12.0 Å². The van der Waals surface area contributed by atoms with Crippen molar-refractivity contribution in [3.8, 4) is 0 Å². The molecule has 0 atom stereocenters. The van der Waals surface area contributed by atoms with Crippen molar-refractivity contribution in [2.75, 3.05) is 26.8 Å². The van der Waals surface area contributed by atoms with Crippen LogP contribution in [0.15, 0.2) is 0 Å². The molecule has 16 heavy (non-hydrogen) atoms. The van der Waals surface area contributed by atoms with Crippen LogP contribution < -0.4 is 0 Å². The van der Waals surface area contributed by atoms with Crippen LogP contribution in [0.4, 0.5) is 0 Å². The molecule has 0 saturated carbocycles. The summed E-state index contributed by atoms with van der Waals surface area (Å²) in [7, 11) is 1.74. The van der Waals surface area contributed by atoms with E-state index in [1.807, 2.05) is 0 Å². The molecule has 0 aromatic rings. The third-order valence-electron chi connectivity index (χ3n) is 3.82. The maximum absolute atomic E-state index is 11.4. The molecule has 94 valence electrons. The van der Waals surface area contributed by atoms with Crippen LogP contribution in [0.1, 0.15) is 33.6 Å². The third-order valence-corrected chi connectivity index (χ3v) is 3.82. The van der Waals surface area contributed by atoms with Gasteiger partial charge in [-0.05, 0) is 18.3 Å². The second-order valence-electron chi connectivity index (χ2n) is 5.49. The minimum Gasteiger partial charge on any atom is -0.387 e. The molecule has 1 rings (SSSR count). The van der Waals surface area contributed by atoms with Crippen molar-refractivity contribution < 1.29 is 14.6 Å². The Morgan fingerprint density at radius 3 is 2.19 bits per heavy atom. The molecule has 1 fully saturated rings. The van der Waals surface area contributed by atoms with Crippen LogP contribution >= 0.6 is 0 Å². The highest BCUT2D eigenvalue weighted by Crippen LogP contribution is 2.41. The summed E-state index contributed by atoms with van der Waals surface area (Å²) in [6, 6.07) is 0. The van der Waals surface area contributed by atoms with Crippen LogP contribution in [0.5, 0.6) is 0 Å². The average Bonchev–Trinajstić information content (AvgIpc) is 2.26. The van der Waals surface area contributed by atoms with E-state index in [0.717, 1.165) is 12.8 Å². The number of methoxy groups -OCH3 is 1. The molecule has 1 aliphatic rings. The molecule has 0 bridgehead atoms. The van der Waals surface area contributed by atoms with Gasteiger partial charge in [0.25, 0.3) is 0 Å². The summed E-state index contributed by atoms with van der Waals surface area (Å²) in [6.07, 6.45) is 1.66. The fraction of sp³-hybridized carbons (Fsp3) is 0.917. The van der Waals surface area contributed by atoms with E-state index in [9.17, 15) is 4.79 Å². The van der Waals surface area contributed by atoms with Gasteiger partial charge in [-0.1, -0.05) is 20.8 Å². The molecule has 1 N–H and O–H groups in total. The van der Waals surface area contributed by atoms with Gasteiger partial charge in [-0.3, -0.25) is 4.79 Å². The number of nitrogens with zero attached hydrogens (tertiary/aromatic N) is 1. The van der Waals surface area contributed by atoms with E-state index >= 15 is 0 Å².